The Balaban J connectivity index is 1.43. The summed E-state index contributed by atoms with van der Waals surface area (Å²) in [6.07, 6.45) is -2.22. The van der Waals surface area contributed by atoms with Crippen molar-refractivity contribution in [3.8, 4) is 0 Å². The third kappa shape index (κ3) is 3.40. The molecule has 25 heavy (non-hydrogen) atoms. The number of carbonyl (C=O) groups excluding carboxylic acids is 1. The van der Waals surface area contributed by atoms with E-state index in [2.05, 4.69) is 9.80 Å². The number of aldehydes is 1. The molecular weight excluding hydrogens is 349 g/mol. The Bertz CT molecular complexity index is 780. The fraction of sp³-hybridized carbons (Fsp3) is 0.500. The minimum atomic E-state index is -4.30. The first-order chi connectivity index (χ1) is 12.0. The van der Waals surface area contributed by atoms with Gasteiger partial charge in [0.15, 0.2) is 0 Å². The molecule has 0 amide bonds. The number of hydrogen-bond donors (Lipinski definition) is 0. The van der Waals surface area contributed by atoms with Crippen molar-refractivity contribution in [3.63, 3.8) is 0 Å². The van der Waals surface area contributed by atoms with E-state index < -0.39 is 11.7 Å². The Morgan fingerprint density at radius 1 is 1.20 bits per heavy atom. The first kappa shape index (κ1) is 16.8. The van der Waals surface area contributed by atoms with E-state index in [0.717, 1.165) is 56.5 Å². The number of fused-ring (bicyclic) bond motifs is 1. The van der Waals surface area contributed by atoms with Gasteiger partial charge in [-0.3, -0.25) is 4.90 Å². The highest BCUT2D eigenvalue weighted by Crippen LogP contribution is 2.39. The molecule has 1 unspecified atom stereocenters. The number of piperazine rings is 1. The predicted molar refractivity (Wildman–Crippen MR) is 93.1 cm³/mol. The standard InChI is InChI=1S/C18H19F3N2OS/c19-18(20,21)14-1-2-15-16(11-25-17(15)8-14)23-5-3-22(4-6-23)9-12-7-13(12)10-24/h1-2,8,10-13H,3-7,9H2/t12?,13-/m0/s1. The molecule has 1 aromatic carbocycles. The zero-order valence-corrected chi connectivity index (χ0v) is 14.4. The van der Waals surface area contributed by atoms with Crippen LogP contribution in [0.5, 0.6) is 0 Å². The van der Waals surface area contributed by atoms with Crippen LogP contribution in [-0.2, 0) is 11.0 Å². The van der Waals surface area contributed by atoms with Gasteiger partial charge in [0.2, 0.25) is 0 Å². The SMILES string of the molecule is O=C[C@@H]1CC1CN1CCN(c2csc3cc(C(F)(F)F)ccc23)CC1. The zero-order chi connectivity index (χ0) is 17.6. The normalized spacial score (nSPS) is 24.7. The van der Waals surface area contributed by atoms with Crippen LogP contribution in [0.3, 0.4) is 0 Å². The van der Waals surface area contributed by atoms with Gasteiger partial charge in [0, 0.05) is 54.1 Å². The van der Waals surface area contributed by atoms with E-state index in [-0.39, 0.29) is 5.92 Å². The summed E-state index contributed by atoms with van der Waals surface area (Å²) in [6.45, 7) is 4.58. The van der Waals surface area contributed by atoms with Crippen LogP contribution in [0.15, 0.2) is 23.6 Å². The molecule has 0 N–H and O–H groups in total. The van der Waals surface area contributed by atoms with Crippen molar-refractivity contribution >= 4 is 33.4 Å². The van der Waals surface area contributed by atoms with Crippen molar-refractivity contribution in [1.29, 1.82) is 0 Å². The zero-order valence-electron chi connectivity index (χ0n) is 13.6. The van der Waals surface area contributed by atoms with Gasteiger partial charge in [-0.15, -0.1) is 11.3 Å². The average molecular weight is 368 g/mol. The van der Waals surface area contributed by atoms with E-state index in [4.69, 9.17) is 0 Å². The lowest BCUT2D eigenvalue weighted by Gasteiger charge is -2.36. The number of carbonyl (C=O) groups is 1. The van der Waals surface area contributed by atoms with E-state index in [0.29, 0.717) is 10.6 Å². The first-order valence-corrected chi connectivity index (χ1v) is 9.34. The van der Waals surface area contributed by atoms with Crippen molar-refractivity contribution in [3.05, 3.63) is 29.1 Å². The summed E-state index contributed by atoms with van der Waals surface area (Å²) < 4.78 is 39.2. The Hall–Kier alpha value is -1.60. The van der Waals surface area contributed by atoms with Gasteiger partial charge in [0.05, 0.1) is 11.3 Å². The lowest BCUT2D eigenvalue weighted by Crippen LogP contribution is -2.47. The quantitative estimate of drug-likeness (QED) is 0.766. The summed E-state index contributed by atoms with van der Waals surface area (Å²) in [6, 6.07) is 4.00. The second kappa shape index (κ2) is 6.29. The third-order valence-corrected chi connectivity index (χ3v) is 6.17. The van der Waals surface area contributed by atoms with Crippen molar-refractivity contribution in [2.75, 3.05) is 37.6 Å². The fourth-order valence-electron chi connectivity index (χ4n) is 3.59. The molecule has 2 fully saturated rings. The molecule has 1 aliphatic carbocycles. The molecule has 1 aromatic heterocycles. The van der Waals surface area contributed by atoms with E-state index in [1.54, 1.807) is 6.07 Å². The molecule has 0 bridgehead atoms. The maximum Gasteiger partial charge on any atom is 0.416 e. The summed E-state index contributed by atoms with van der Waals surface area (Å²) in [7, 11) is 0. The monoisotopic (exact) mass is 368 g/mol. The topological polar surface area (TPSA) is 23.6 Å². The number of rotatable bonds is 4. The second-order valence-electron chi connectivity index (χ2n) is 6.91. The predicted octanol–water partition coefficient (Wildman–Crippen LogP) is 3.88. The summed E-state index contributed by atoms with van der Waals surface area (Å²) in [5.41, 5.74) is 0.443. The van der Waals surface area contributed by atoms with Gasteiger partial charge in [-0.1, -0.05) is 6.07 Å². The lowest BCUT2D eigenvalue weighted by molar-refractivity contribution is -0.137. The third-order valence-electron chi connectivity index (χ3n) is 5.24. The van der Waals surface area contributed by atoms with Crippen LogP contribution in [0.2, 0.25) is 0 Å². The van der Waals surface area contributed by atoms with Gasteiger partial charge in [-0.25, -0.2) is 0 Å². The number of thiophene rings is 1. The van der Waals surface area contributed by atoms with Crippen LogP contribution in [-0.4, -0.2) is 43.9 Å². The van der Waals surface area contributed by atoms with E-state index in [1.165, 1.54) is 23.5 Å². The maximum absolute atomic E-state index is 12.8. The molecule has 2 aliphatic rings. The molecule has 7 heteroatoms. The molecule has 2 aromatic rings. The van der Waals surface area contributed by atoms with Gasteiger partial charge in [-0.2, -0.15) is 13.2 Å². The van der Waals surface area contributed by atoms with Crippen molar-refractivity contribution < 1.29 is 18.0 Å². The van der Waals surface area contributed by atoms with Crippen LogP contribution in [0.1, 0.15) is 12.0 Å². The molecule has 1 saturated carbocycles. The molecule has 1 saturated heterocycles. The highest BCUT2D eigenvalue weighted by molar-refractivity contribution is 7.17. The molecule has 1 aliphatic heterocycles. The minimum Gasteiger partial charge on any atom is -0.368 e. The summed E-state index contributed by atoms with van der Waals surface area (Å²) >= 11 is 1.37. The Morgan fingerprint density at radius 2 is 1.96 bits per heavy atom. The maximum atomic E-state index is 12.8. The number of nitrogens with zero attached hydrogens (tertiary/aromatic N) is 2. The first-order valence-electron chi connectivity index (χ1n) is 8.47. The van der Waals surface area contributed by atoms with Gasteiger partial charge in [-0.05, 0) is 24.5 Å². The Kier molecular flexibility index (Phi) is 4.24. The van der Waals surface area contributed by atoms with Gasteiger partial charge < -0.3 is 9.69 Å². The number of anilines is 1. The average Bonchev–Trinajstić information content (AvgIpc) is 3.20. The summed E-state index contributed by atoms with van der Waals surface area (Å²) in [5, 5.41) is 2.86. The van der Waals surface area contributed by atoms with Crippen LogP contribution in [0, 0.1) is 11.8 Å². The van der Waals surface area contributed by atoms with Gasteiger partial charge >= 0.3 is 6.18 Å². The molecule has 4 rings (SSSR count). The molecule has 0 radical (unpaired) electrons. The Morgan fingerprint density at radius 3 is 2.60 bits per heavy atom. The van der Waals surface area contributed by atoms with E-state index in [1.807, 2.05) is 5.38 Å². The molecule has 3 nitrogen and oxygen atoms in total. The van der Waals surface area contributed by atoms with Crippen LogP contribution in [0.25, 0.3) is 10.1 Å². The number of alkyl halides is 3. The van der Waals surface area contributed by atoms with Crippen molar-refractivity contribution in [2.45, 2.75) is 12.6 Å². The van der Waals surface area contributed by atoms with Gasteiger partial charge in [0.25, 0.3) is 0 Å². The molecule has 134 valence electrons. The fourth-order valence-corrected chi connectivity index (χ4v) is 4.60. The van der Waals surface area contributed by atoms with E-state index >= 15 is 0 Å². The van der Waals surface area contributed by atoms with Crippen LogP contribution >= 0.6 is 11.3 Å². The summed E-state index contributed by atoms with van der Waals surface area (Å²) in [4.78, 5) is 15.4. The Labute approximate surface area is 148 Å². The van der Waals surface area contributed by atoms with Crippen molar-refractivity contribution in [2.24, 2.45) is 11.8 Å². The molecular formula is C18H19F3N2OS. The summed E-state index contributed by atoms with van der Waals surface area (Å²) in [5.74, 6) is 0.772. The second-order valence-corrected chi connectivity index (χ2v) is 7.82. The molecule has 2 atom stereocenters. The molecule has 2 heterocycles. The van der Waals surface area contributed by atoms with Crippen LogP contribution < -0.4 is 4.90 Å². The largest absolute Gasteiger partial charge is 0.416 e. The lowest BCUT2D eigenvalue weighted by atomic mass is 10.1. The number of benzene rings is 1. The van der Waals surface area contributed by atoms with Gasteiger partial charge in [0.1, 0.15) is 6.29 Å². The van der Waals surface area contributed by atoms with E-state index in [9.17, 15) is 18.0 Å². The molecule has 0 spiro atoms. The number of halogens is 3. The van der Waals surface area contributed by atoms with Crippen LogP contribution in [0.4, 0.5) is 18.9 Å². The van der Waals surface area contributed by atoms with Crippen molar-refractivity contribution in [1.82, 2.24) is 4.90 Å². The highest BCUT2D eigenvalue weighted by atomic mass is 32.1. The highest BCUT2D eigenvalue weighted by Gasteiger charge is 2.38. The smallest absolute Gasteiger partial charge is 0.368 e. The minimum absolute atomic E-state index is 0.252. The number of hydrogen-bond acceptors (Lipinski definition) is 4.